The minimum atomic E-state index is -2.88. The summed E-state index contributed by atoms with van der Waals surface area (Å²) in [6.07, 6.45) is 4.93. The molecule has 0 spiro atoms. The summed E-state index contributed by atoms with van der Waals surface area (Å²) in [5.41, 5.74) is 1.85. The summed E-state index contributed by atoms with van der Waals surface area (Å²) in [6, 6.07) is 9.25. The molecule has 3 N–H and O–H groups in total. The molecule has 3 amide bonds. The van der Waals surface area contributed by atoms with Crippen molar-refractivity contribution in [1.82, 2.24) is 34.6 Å². The number of likely N-dealkylation sites (tertiary alicyclic amines) is 1. The molecule has 16 heteroatoms. The van der Waals surface area contributed by atoms with Gasteiger partial charge in [-0.3, -0.25) is 29.3 Å². The van der Waals surface area contributed by atoms with Gasteiger partial charge in [-0.25, -0.2) is 18.3 Å². The van der Waals surface area contributed by atoms with Crippen LogP contribution in [0.5, 0.6) is 0 Å². The van der Waals surface area contributed by atoms with Gasteiger partial charge in [-0.05, 0) is 43.4 Å². The molecule has 4 aliphatic heterocycles. The highest BCUT2D eigenvalue weighted by Gasteiger charge is 2.40. The maximum Gasteiger partial charge on any atom is 0.284 e. The van der Waals surface area contributed by atoms with E-state index < -0.39 is 24.1 Å². The molecule has 0 saturated carbocycles. The van der Waals surface area contributed by atoms with Crippen molar-refractivity contribution in [3.8, 4) is 0 Å². The number of carbonyl (C=O) groups is 3. The first-order chi connectivity index (χ1) is 23.8. The van der Waals surface area contributed by atoms with Crippen molar-refractivity contribution in [3.63, 3.8) is 0 Å². The van der Waals surface area contributed by atoms with Crippen LogP contribution in [0.1, 0.15) is 66.2 Å². The molecule has 4 saturated heterocycles. The van der Waals surface area contributed by atoms with E-state index in [1.165, 1.54) is 16.9 Å². The number of benzene rings is 1. The molecule has 1 aromatic carbocycles. The molecule has 49 heavy (non-hydrogen) atoms. The zero-order valence-corrected chi connectivity index (χ0v) is 26.6. The summed E-state index contributed by atoms with van der Waals surface area (Å²) in [6.45, 7) is 3.40. The Hall–Kier alpha value is -4.96. The number of aromatic nitrogens is 5. The molecule has 0 aliphatic carbocycles. The Labute approximate surface area is 279 Å². The lowest BCUT2D eigenvalue weighted by Gasteiger charge is -2.33. The molecule has 3 aromatic heterocycles. The number of anilines is 3. The lowest BCUT2D eigenvalue weighted by molar-refractivity contribution is -0.133. The maximum absolute atomic E-state index is 14.2. The minimum absolute atomic E-state index is 0.0413. The molecule has 4 aromatic rings. The van der Waals surface area contributed by atoms with E-state index in [2.05, 4.69) is 35.9 Å². The van der Waals surface area contributed by atoms with Gasteiger partial charge in [0, 0.05) is 50.7 Å². The number of fused-ring (bicyclic) bond motifs is 3. The van der Waals surface area contributed by atoms with Crippen LogP contribution in [0.3, 0.4) is 0 Å². The number of amides is 3. The average molecular weight is 675 g/mol. The molecule has 8 rings (SSSR count). The van der Waals surface area contributed by atoms with Gasteiger partial charge in [0.15, 0.2) is 11.3 Å². The third-order valence-corrected chi connectivity index (χ3v) is 9.92. The number of imide groups is 1. The molecular weight excluding hydrogens is 638 g/mol. The summed E-state index contributed by atoms with van der Waals surface area (Å²) in [5.74, 6) is -0.453. The monoisotopic (exact) mass is 674 g/mol. The predicted octanol–water partition coefficient (Wildman–Crippen LogP) is 3.15. The summed E-state index contributed by atoms with van der Waals surface area (Å²) in [4.78, 5) is 46.5. The van der Waals surface area contributed by atoms with E-state index in [4.69, 9.17) is 9.72 Å². The van der Waals surface area contributed by atoms with Gasteiger partial charge < -0.3 is 20.3 Å². The van der Waals surface area contributed by atoms with Crippen LogP contribution in [0.25, 0.3) is 5.65 Å². The quantitative estimate of drug-likeness (QED) is 0.226. The van der Waals surface area contributed by atoms with Gasteiger partial charge in [-0.2, -0.15) is 10.2 Å². The van der Waals surface area contributed by atoms with Crippen LogP contribution in [0.15, 0.2) is 48.9 Å². The Morgan fingerprint density at radius 1 is 1.08 bits per heavy atom. The van der Waals surface area contributed by atoms with Crippen LogP contribution in [-0.2, 0) is 20.9 Å². The first kappa shape index (κ1) is 31.3. The highest BCUT2D eigenvalue weighted by atomic mass is 19.3. The van der Waals surface area contributed by atoms with Crippen LogP contribution < -0.4 is 20.9 Å². The normalized spacial score (nSPS) is 23.1. The number of alkyl halides is 2. The van der Waals surface area contributed by atoms with Gasteiger partial charge in [0.2, 0.25) is 11.8 Å². The lowest BCUT2D eigenvalue weighted by Crippen LogP contribution is -2.47. The van der Waals surface area contributed by atoms with Gasteiger partial charge >= 0.3 is 0 Å². The lowest BCUT2D eigenvalue weighted by atomic mass is 10.0. The number of halogens is 2. The predicted molar refractivity (Wildman–Crippen MR) is 173 cm³/mol. The van der Waals surface area contributed by atoms with Crippen LogP contribution in [0, 0.1) is 0 Å². The molecule has 14 nitrogen and oxygen atoms in total. The molecule has 7 heterocycles. The number of hydrogen-bond donors (Lipinski definition) is 3. The SMILES string of the molecule is O=C1CCC(Nc2ccccc2CN2CCC(n3cc(NC(=O)c4cnn5ccc(N6C[C@H]7C[C@@H]6CO7)nc45)c(C(F)F)n3)CC2)C(=O)N1. The smallest absolute Gasteiger partial charge is 0.284 e. The molecule has 0 radical (unpaired) electrons. The van der Waals surface area contributed by atoms with Crippen molar-refractivity contribution >= 4 is 40.6 Å². The van der Waals surface area contributed by atoms with Gasteiger partial charge in [-0.1, -0.05) is 18.2 Å². The highest BCUT2D eigenvalue weighted by molar-refractivity contribution is 6.08. The van der Waals surface area contributed by atoms with Crippen molar-refractivity contribution in [3.05, 3.63) is 65.7 Å². The van der Waals surface area contributed by atoms with E-state index >= 15 is 0 Å². The van der Waals surface area contributed by atoms with E-state index in [-0.39, 0.29) is 41.3 Å². The summed E-state index contributed by atoms with van der Waals surface area (Å²) < 4.78 is 37.1. The largest absolute Gasteiger partial charge is 0.374 e. The van der Waals surface area contributed by atoms with Crippen molar-refractivity contribution in [2.24, 2.45) is 0 Å². The molecular formula is C33H36F2N10O4. The van der Waals surface area contributed by atoms with E-state index in [0.29, 0.717) is 57.6 Å². The van der Waals surface area contributed by atoms with E-state index in [1.54, 1.807) is 10.9 Å². The van der Waals surface area contributed by atoms with E-state index in [1.807, 2.05) is 30.3 Å². The third-order valence-electron chi connectivity index (χ3n) is 9.92. The van der Waals surface area contributed by atoms with E-state index in [0.717, 1.165) is 30.0 Å². The van der Waals surface area contributed by atoms with Gasteiger partial charge in [0.25, 0.3) is 12.3 Å². The van der Waals surface area contributed by atoms with Crippen LogP contribution in [-0.4, -0.2) is 91.4 Å². The number of nitrogens with one attached hydrogen (secondary N) is 3. The zero-order valence-electron chi connectivity index (χ0n) is 26.6. The fourth-order valence-corrected chi connectivity index (χ4v) is 7.30. The molecule has 2 bridgehead atoms. The topological polar surface area (TPSA) is 151 Å². The van der Waals surface area contributed by atoms with Crippen molar-refractivity contribution in [1.29, 1.82) is 0 Å². The Balaban J connectivity index is 0.925. The Morgan fingerprint density at radius 3 is 2.67 bits per heavy atom. The molecule has 256 valence electrons. The van der Waals surface area contributed by atoms with Gasteiger partial charge in [-0.15, -0.1) is 0 Å². The summed E-state index contributed by atoms with van der Waals surface area (Å²) in [7, 11) is 0. The fraction of sp³-hybridized carbons (Fsp3) is 0.455. The standard InChI is InChI=1S/C33H36F2N10O4/c34-30(35)29-26(38-32(47)23-14-36-44-12-9-27(39-31(23)44)43-16-22-13-21(43)18-49-22)17-45(41-29)20-7-10-42(11-8-20)15-19-3-1-2-4-24(19)37-25-5-6-28(46)40-33(25)48/h1-4,9,12,14,17,20-22,25,30,37H,5-8,10-11,13,15-16,18H2,(H,38,47)(H,40,46,48)/t21-,22-,25?/m1/s1. The fourth-order valence-electron chi connectivity index (χ4n) is 7.30. The van der Waals surface area contributed by atoms with Crippen molar-refractivity contribution in [2.75, 3.05) is 41.8 Å². The first-order valence-electron chi connectivity index (χ1n) is 16.6. The maximum atomic E-state index is 14.2. The van der Waals surface area contributed by atoms with Crippen LogP contribution in [0.4, 0.5) is 26.0 Å². The number of nitrogens with zero attached hydrogens (tertiary/aromatic N) is 7. The summed E-state index contributed by atoms with van der Waals surface area (Å²) in [5, 5.41) is 16.8. The molecule has 4 fully saturated rings. The van der Waals surface area contributed by atoms with Gasteiger partial charge in [0.1, 0.15) is 17.4 Å². The number of rotatable bonds is 9. The number of carbonyl (C=O) groups excluding carboxylic acids is 3. The minimum Gasteiger partial charge on any atom is -0.374 e. The number of piperidine rings is 2. The van der Waals surface area contributed by atoms with Crippen LogP contribution in [0.2, 0.25) is 0 Å². The number of para-hydroxylation sites is 1. The Morgan fingerprint density at radius 2 is 1.92 bits per heavy atom. The van der Waals surface area contributed by atoms with E-state index in [9.17, 15) is 23.2 Å². The number of hydrogen-bond acceptors (Lipinski definition) is 10. The highest BCUT2D eigenvalue weighted by Crippen LogP contribution is 2.33. The van der Waals surface area contributed by atoms with Gasteiger partial charge in [0.05, 0.1) is 36.7 Å². The molecule has 4 aliphatic rings. The second-order valence-corrected chi connectivity index (χ2v) is 13.1. The zero-order chi connectivity index (χ0) is 33.6. The summed E-state index contributed by atoms with van der Waals surface area (Å²) >= 11 is 0. The number of morpholine rings is 1. The number of ether oxygens (including phenoxy) is 1. The molecule has 3 atom stereocenters. The first-order valence-corrected chi connectivity index (χ1v) is 16.6. The van der Waals surface area contributed by atoms with Crippen molar-refractivity contribution < 1.29 is 27.9 Å². The second-order valence-electron chi connectivity index (χ2n) is 13.1. The Kier molecular flexibility index (Phi) is 8.19. The van der Waals surface area contributed by atoms with Crippen LogP contribution >= 0.6 is 0 Å². The third kappa shape index (κ3) is 6.21. The average Bonchev–Trinajstić information content (AvgIpc) is 3.91. The molecule has 1 unspecified atom stereocenters. The second kappa shape index (κ2) is 12.8. The Bertz CT molecular complexity index is 1900. The van der Waals surface area contributed by atoms with Crippen molar-refractivity contribution in [2.45, 2.75) is 69.3 Å².